The molecule has 2 aromatic heterocycles. The maximum Gasteiger partial charge on any atom is 0.227 e. The van der Waals surface area contributed by atoms with Crippen LogP contribution in [0, 0.1) is 0 Å². The summed E-state index contributed by atoms with van der Waals surface area (Å²) in [6.07, 6.45) is -1.40. The quantitative estimate of drug-likeness (QED) is 0.618. The Kier molecular flexibility index (Phi) is 3.26. The zero-order valence-electron chi connectivity index (χ0n) is 10.6. The van der Waals surface area contributed by atoms with E-state index in [9.17, 15) is 10.2 Å². The van der Waals surface area contributed by atoms with E-state index in [-0.39, 0.29) is 0 Å². The number of aliphatic hydroxyl groups excluding tert-OH is 3. The van der Waals surface area contributed by atoms with Crippen molar-refractivity contribution >= 4 is 11.0 Å². The summed E-state index contributed by atoms with van der Waals surface area (Å²) in [5, 5.41) is 33.5. The summed E-state index contributed by atoms with van der Waals surface area (Å²) in [6, 6.07) is 0. The summed E-state index contributed by atoms with van der Waals surface area (Å²) in [4.78, 5) is 8.03. The molecule has 0 unspecified atom stereocenters. The Bertz CT molecular complexity index is 618. The van der Waals surface area contributed by atoms with E-state index in [0.29, 0.717) is 16.9 Å². The van der Waals surface area contributed by atoms with Gasteiger partial charge in [-0.25, -0.2) is 14.6 Å². The lowest BCUT2D eigenvalue weighted by molar-refractivity contribution is -0.0566. The fourth-order valence-electron chi connectivity index (χ4n) is 2.27. The molecule has 0 aromatic carbocycles. The number of hydrogen-bond donors (Lipinski definition) is 3. The van der Waals surface area contributed by atoms with Gasteiger partial charge >= 0.3 is 0 Å². The van der Waals surface area contributed by atoms with Gasteiger partial charge in [-0.05, 0) is 0 Å². The number of rotatable bonds is 3. The van der Waals surface area contributed by atoms with Gasteiger partial charge in [0.2, 0.25) is 5.88 Å². The molecule has 20 heavy (non-hydrogen) atoms. The molecule has 3 heterocycles. The zero-order valence-corrected chi connectivity index (χ0v) is 10.6. The molecule has 0 spiro atoms. The highest BCUT2D eigenvalue weighted by atomic mass is 16.6. The summed E-state index contributed by atoms with van der Waals surface area (Å²) >= 11 is 0. The van der Waals surface area contributed by atoms with Crippen LogP contribution in [0.3, 0.4) is 0 Å². The van der Waals surface area contributed by atoms with Crippen LogP contribution in [0.2, 0.25) is 0 Å². The van der Waals surface area contributed by atoms with Crippen molar-refractivity contribution in [3.05, 3.63) is 12.5 Å². The van der Waals surface area contributed by atoms with Gasteiger partial charge in [-0.2, -0.15) is 5.10 Å². The molecule has 1 aliphatic rings. The zero-order chi connectivity index (χ0) is 14.3. The van der Waals surface area contributed by atoms with E-state index in [1.807, 2.05) is 0 Å². The lowest BCUT2D eigenvalue weighted by Crippen LogP contribution is -2.33. The lowest BCUT2D eigenvalue weighted by atomic mass is 10.1. The van der Waals surface area contributed by atoms with Gasteiger partial charge in [0.25, 0.3) is 0 Å². The molecule has 0 bridgehead atoms. The SMILES string of the molecule is COc1ncnc2c1cnn2[C@H]1O[C@@H](CO)[C@@H](O)[C@@H]1O. The van der Waals surface area contributed by atoms with E-state index in [1.165, 1.54) is 24.3 Å². The van der Waals surface area contributed by atoms with Crippen LogP contribution in [-0.4, -0.2) is 67.1 Å². The summed E-state index contributed by atoms with van der Waals surface area (Å²) in [6.45, 7) is -0.397. The van der Waals surface area contributed by atoms with Crippen molar-refractivity contribution < 1.29 is 24.8 Å². The minimum atomic E-state index is -1.21. The number of nitrogens with zero attached hydrogens (tertiary/aromatic N) is 4. The Balaban J connectivity index is 2.03. The van der Waals surface area contributed by atoms with Crippen LogP contribution >= 0.6 is 0 Å². The molecule has 9 heteroatoms. The standard InChI is InChI=1S/C11H14N4O5/c1-19-10-5-2-14-15(9(5)12-4-13-10)11-8(18)7(17)6(3-16)20-11/h2,4,6-8,11,16-18H,3H2,1H3/t6-,7+,8-,11-/m0/s1. The summed E-state index contributed by atoms with van der Waals surface area (Å²) in [5.74, 6) is 0.355. The first-order valence-electron chi connectivity index (χ1n) is 6.02. The van der Waals surface area contributed by atoms with Gasteiger partial charge in [-0.1, -0.05) is 0 Å². The molecule has 1 saturated heterocycles. The van der Waals surface area contributed by atoms with E-state index >= 15 is 0 Å². The molecular weight excluding hydrogens is 268 g/mol. The third kappa shape index (κ3) is 1.83. The first-order valence-corrected chi connectivity index (χ1v) is 6.02. The average molecular weight is 282 g/mol. The maximum atomic E-state index is 10.00. The number of ether oxygens (including phenoxy) is 2. The van der Waals surface area contributed by atoms with Gasteiger partial charge in [0.1, 0.15) is 30.0 Å². The molecule has 0 saturated carbocycles. The fourth-order valence-corrected chi connectivity index (χ4v) is 2.27. The second kappa shape index (κ2) is 4.94. The van der Waals surface area contributed by atoms with Crippen molar-refractivity contribution in [2.24, 2.45) is 0 Å². The molecular formula is C11H14N4O5. The third-order valence-electron chi connectivity index (χ3n) is 3.31. The van der Waals surface area contributed by atoms with Crippen molar-refractivity contribution in [3.8, 4) is 5.88 Å². The van der Waals surface area contributed by atoms with Crippen LogP contribution in [0.25, 0.3) is 11.0 Å². The molecule has 3 rings (SSSR count). The Morgan fingerprint density at radius 1 is 1.35 bits per heavy atom. The Labute approximate surface area is 113 Å². The highest BCUT2D eigenvalue weighted by molar-refractivity contribution is 5.79. The maximum absolute atomic E-state index is 10.00. The van der Waals surface area contributed by atoms with Crippen LogP contribution in [0.1, 0.15) is 6.23 Å². The van der Waals surface area contributed by atoms with Crippen LogP contribution in [0.15, 0.2) is 12.5 Å². The smallest absolute Gasteiger partial charge is 0.227 e. The Morgan fingerprint density at radius 3 is 2.80 bits per heavy atom. The third-order valence-corrected chi connectivity index (χ3v) is 3.31. The topological polar surface area (TPSA) is 123 Å². The number of fused-ring (bicyclic) bond motifs is 1. The highest BCUT2D eigenvalue weighted by Crippen LogP contribution is 2.32. The van der Waals surface area contributed by atoms with E-state index in [0.717, 1.165) is 0 Å². The normalized spacial score (nSPS) is 30.0. The number of methoxy groups -OCH3 is 1. The van der Waals surface area contributed by atoms with Crippen molar-refractivity contribution in [1.82, 2.24) is 19.7 Å². The molecule has 2 aromatic rings. The average Bonchev–Trinajstić information content (AvgIpc) is 3.01. The van der Waals surface area contributed by atoms with Gasteiger partial charge in [0.05, 0.1) is 19.9 Å². The van der Waals surface area contributed by atoms with E-state index < -0.39 is 31.1 Å². The van der Waals surface area contributed by atoms with Gasteiger partial charge in [-0.3, -0.25) is 0 Å². The predicted molar refractivity (Wildman–Crippen MR) is 64.9 cm³/mol. The second-order valence-electron chi connectivity index (χ2n) is 4.44. The fraction of sp³-hybridized carbons (Fsp3) is 0.545. The summed E-state index contributed by atoms with van der Waals surface area (Å²) < 4.78 is 11.8. The lowest BCUT2D eigenvalue weighted by Gasteiger charge is -2.15. The van der Waals surface area contributed by atoms with Crippen LogP contribution in [0.5, 0.6) is 5.88 Å². The minimum Gasteiger partial charge on any atom is -0.480 e. The predicted octanol–water partition coefficient (Wildman–Crippen LogP) is -1.55. The van der Waals surface area contributed by atoms with Crippen molar-refractivity contribution in [2.75, 3.05) is 13.7 Å². The van der Waals surface area contributed by atoms with Gasteiger partial charge in [0.15, 0.2) is 11.9 Å². The summed E-state index contributed by atoms with van der Waals surface area (Å²) in [7, 11) is 1.48. The van der Waals surface area contributed by atoms with E-state index in [4.69, 9.17) is 14.6 Å². The molecule has 4 atom stereocenters. The molecule has 1 fully saturated rings. The van der Waals surface area contributed by atoms with Crippen LogP contribution in [-0.2, 0) is 4.74 Å². The number of aliphatic hydroxyl groups is 3. The first-order chi connectivity index (χ1) is 9.67. The monoisotopic (exact) mass is 282 g/mol. The Hall–Kier alpha value is -1.81. The number of aromatic nitrogens is 4. The molecule has 9 nitrogen and oxygen atoms in total. The van der Waals surface area contributed by atoms with Crippen molar-refractivity contribution in [2.45, 2.75) is 24.5 Å². The van der Waals surface area contributed by atoms with Gasteiger partial charge in [0, 0.05) is 0 Å². The van der Waals surface area contributed by atoms with Crippen LogP contribution < -0.4 is 4.74 Å². The second-order valence-corrected chi connectivity index (χ2v) is 4.44. The molecule has 1 aliphatic heterocycles. The van der Waals surface area contributed by atoms with Gasteiger partial charge < -0.3 is 24.8 Å². The van der Waals surface area contributed by atoms with Crippen molar-refractivity contribution in [3.63, 3.8) is 0 Å². The molecule has 108 valence electrons. The van der Waals surface area contributed by atoms with Crippen LogP contribution in [0.4, 0.5) is 0 Å². The van der Waals surface area contributed by atoms with E-state index in [2.05, 4.69) is 15.1 Å². The highest BCUT2D eigenvalue weighted by Gasteiger charge is 2.44. The van der Waals surface area contributed by atoms with E-state index in [1.54, 1.807) is 0 Å². The number of hydrogen-bond acceptors (Lipinski definition) is 8. The molecule has 0 amide bonds. The molecule has 3 N–H and O–H groups in total. The minimum absolute atomic E-state index is 0.355. The Morgan fingerprint density at radius 2 is 2.15 bits per heavy atom. The first kappa shape index (κ1) is 13.2. The van der Waals surface area contributed by atoms with Crippen molar-refractivity contribution in [1.29, 1.82) is 0 Å². The summed E-state index contributed by atoms with van der Waals surface area (Å²) in [5.41, 5.74) is 0.409. The molecule has 0 radical (unpaired) electrons. The van der Waals surface area contributed by atoms with Gasteiger partial charge in [-0.15, -0.1) is 0 Å². The molecule has 0 aliphatic carbocycles. The largest absolute Gasteiger partial charge is 0.480 e.